The summed E-state index contributed by atoms with van der Waals surface area (Å²) in [6, 6.07) is 0.252. The van der Waals surface area contributed by atoms with Crippen LogP contribution in [0.1, 0.15) is 41.5 Å². The fourth-order valence-corrected chi connectivity index (χ4v) is 2.22. The van der Waals surface area contributed by atoms with Gasteiger partial charge in [-0.1, -0.05) is 20.8 Å². The van der Waals surface area contributed by atoms with Crippen LogP contribution in [0.3, 0.4) is 0 Å². The lowest BCUT2D eigenvalue weighted by Gasteiger charge is -2.37. The van der Waals surface area contributed by atoms with Crippen molar-refractivity contribution in [3.8, 4) is 0 Å². The molecule has 96 valence electrons. The highest BCUT2D eigenvalue weighted by atomic mass is 16.2. The molecule has 0 aromatic heterocycles. The molecule has 0 N–H and O–H groups in total. The predicted octanol–water partition coefficient (Wildman–Crippen LogP) is 2.96. The molecule has 16 heavy (non-hydrogen) atoms. The van der Waals surface area contributed by atoms with Crippen molar-refractivity contribution in [3.63, 3.8) is 0 Å². The number of hydrogen-bond donors (Lipinski definition) is 0. The van der Waals surface area contributed by atoms with E-state index in [0.29, 0.717) is 4.48 Å². The molecule has 0 aromatic carbocycles. The van der Waals surface area contributed by atoms with Crippen LogP contribution in [0.5, 0.6) is 0 Å². The number of nitrogens with zero attached hydrogens (tertiary/aromatic N) is 2. The maximum absolute atomic E-state index is 12.4. The van der Waals surface area contributed by atoms with E-state index in [0.717, 1.165) is 26.2 Å². The van der Waals surface area contributed by atoms with Crippen molar-refractivity contribution in [2.45, 2.75) is 41.5 Å². The number of amides is 2. The van der Waals surface area contributed by atoms with Gasteiger partial charge in [0.25, 0.3) is 0 Å². The van der Waals surface area contributed by atoms with Crippen LogP contribution in [0.25, 0.3) is 0 Å². The van der Waals surface area contributed by atoms with Gasteiger partial charge < -0.3 is 0 Å². The molecule has 0 aromatic rings. The van der Waals surface area contributed by atoms with Crippen LogP contribution in [-0.2, 0) is 0 Å². The molecular weight excluding hydrogens is 200 g/mol. The molecule has 0 fully saturated rings. The van der Waals surface area contributed by atoms with Gasteiger partial charge in [-0.3, -0.25) is 4.90 Å². The van der Waals surface area contributed by atoms with Gasteiger partial charge in [-0.25, -0.2) is 9.28 Å². The second-order valence-electron chi connectivity index (χ2n) is 5.79. The Morgan fingerprint density at radius 2 is 1.44 bits per heavy atom. The molecule has 0 atom stereocenters. The number of carbonyl (C=O) groups excluding carboxylic acids is 1. The third-order valence-corrected chi connectivity index (χ3v) is 3.26. The molecule has 0 aliphatic carbocycles. The van der Waals surface area contributed by atoms with E-state index in [4.69, 9.17) is 0 Å². The summed E-state index contributed by atoms with van der Waals surface area (Å²) in [6.07, 6.45) is 0. The molecule has 0 saturated carbocycles. The van der Waals surface area contributed by atoms with Gasteiger partial charge >= 0.3 is 6.03 Å². The minimum Gasteiger partial charge on any atom is -0.295 e. The van der Waals surface area contributed by atoms with Crippen LogP contribution < -0.4 is 0 Å². The first-order valence-electron chi connectivity index (χ1n) is 6.34. The van der Waals surface area contributed by atoms with Crippen LogP contribution in [0.4, 0.5) is 4.79 Å². The molecule has 0 heterocycles. The quantitative estimate of drug-likeness (QED) is 0.679. The highest BCUT2D eigenvalue weighted by Gasteiger charge is 2.35. The number of carbonyl (C=O) groups is 1. The Balaban J connectivity index is 4.75. The molecular formula is C13H29N2O+. The normalized spacial score (nSPS) is 12.7. The predicted molar refractivity (Wildman–Crippen MR) is 69.4 cm³/mol. The van der Waals surface area contributed by atoms with Crippen LogP contribution in [0.2, 0.25) is 0 Å². The average molecular weight is 229 g/mol. The molecule has 0 radical (unpaired) electrons. The summed E-state index contributed by atoms with van der Waals surface area (Å²) in [4.78, 5) is 14.3. The zero-order valence-electron chi connectivity index (χ0n) is 12.1. The SMILES string of the molecule is CC[N+](CC)(CC)C(=O)N(C)CC(C)(C)C. The van der Waals surface area contributed by atoms with Gasteiger partial charge in [0.05, 0.1) is 19.6 Å². The number of urea groups is 1. The fourth-order valence-electron chi connectivity index (χ4n) is 2.22. The van der Waals surface area contributed by atoms with Gasteiger partial charge in [0.2, 0.25) is 0 Å². The third kappa shape index (κ3) is 3.78. The second-order valence-corrected chi connectivity index (χ2v) is 5.79. The van der Waals surface area contributed by atoms with Gasteiger partial charge in [0.15, 0.2) is 0 Å². The van der Waals surface area contributed by atoms with Crippen LogP contribution in [0.15, 0.2) is 0 Å². The van der Waals surface area contributed by atoms with Gasteiger partial charge in [-0.05, 0) is 26.2 Å². The zero-order chi connectivity index (χ0) is 13.0. The van der Waals surface area contributed by atoms with Crippen molar-refractivity contribution < 1.29 is 9.28 Å². The lowest BCUT2D eigenvalue weighted by atomic mass is 9.96. The first-order chi connectivity index (χ1) is 7.22. The summed E-state index contributed by atoms with van der Waals surface area (Å²) in [7, 11) is 1.92. The number of rotatable bonds is 4. The van der Waals surface area contributed by atoms with E-state index in [2.05, 4.69) is 41.5 Å². The Morgan fingerprint density at radius 3 is 1.69 bits per heavy atom. The van der Waals surface area contributed by atoms with E-state index < -0.39 is 0 Å². The summed E-state index contributed by atoms with van der Waals surface area (Å²) >= 11 is 0. The van der Waals surface area contributed by atoms with Crippen LogP contribution in [0, 0.1) is 5.41 Å². The molecule has 0 spiro atoms. The fraction of sp³-hybridized carbons (Fsp3) is 0.923. The van der Waals surface area contributed by atoms with E-state index in [1.807, 2.05) is 11.9 Å². The molecule has 3 nitrogen and oxygen atoms in total. The van der Waals surface area contributed by atoms with Crippen molar-refractivity contribution in [2.24, 2.45) is 5.41 Å². The van der Waals surface area contributed by atoms with Gasteiger partial charge in [0, 0.05) is 13.6 Å². The first-order valence-corrected chi connectivity index (χ1v) is 6.34. The van der Waals surface area contributed by atoms with Crippen molar-refractivity contribution in [2.75, 3.05) is 33.2 Å². The monoisotopic (exact) mass is 229 g/mol. The minimum atomic E-state index is 0.162. The van der Waals surface area contributed by atoms with Gasteiger partial charge in [-0.15, -0.1) is 0 Å². The maximum atomic E-state index is 12.4. The third-order valence-electron chi connectivity index (χ3n) is 3.26. The first kappa shape index (κ1) is 15.4. The van der Waals surface area contributed by atoms with Crippen molar-refractivity contribution >= 4 is 6.03 Å². The van der Waals surface area contributed by atoms with E-state index in [9.17, 15) is 4.79 Å². The Labute approximate surface area is 101 Å². The summed E-state index contributed by atoms with van der Waals surface area (Å²) < 4.78 is 0.562. The standard InChI is InChI=1S/C13H29N2O/c1-8-15(9-2,10-3)12(16)14(7)11-13(4,5)6/h8-11H2,1-7H3/q+1. The van der Waals surface area contributed by atoms with Gasteiger partial charge in [0.1, 0.15) is 0 Å². The van der Waals surface area contributed by atoms with Crippen molar-refractivity contribution in [1.29, 1.82) is 0 Å². The molecule has 0 rings (SSSR count). The minimum absolute atomic E-state index is 0.162. The number of hydrogen-bond acceptors (Lipinski definition) is 1. The average Bonchev–Trinajstić information content (AvgIpc) is 2.18. The maximum Gasteiger partial charge on any atom is 0.418 e. The highest BCUT2D eigenvalue weighted by Crippen LogP contribution is 2.18. The largest absolute Gasteiger partial charge is 0.418 e. The smallest absolute Gasteiger partial charge is 0.295 e. The second kappa shape index (κ2) is 5.67. The Kier molecular flexibility index (Phi) is 5.47. The summed E-state index contributed by atoms with van der Waals surface area (Å²) in [5.41, 5.74) is 0.162. The molecule has 2 amide bonds. The summed E-state index contributed by atoms with van der Waals surface area (Å²) in [6.45, 7) is 16.2. The summed E-state index contributed by atoms with van der Waals surface area (Å²) in [5, 5.41) is 0. The Bertz CT molecular complexity index is 218. The summed E-state index contributed by atoms with van der Waals surface area (Å²) in [5.74, 6) is 0. The molecule has 3 heteroatoms. The lowest BCUT2D eigenvalue weighted by molar-refractivity contribution is -0.848. The molecule has 0 saturated heterocycles. The van der Waals surface area contributed by atoms with Crippen LogP contribution >= 0.6 is 0 Å². The number of quaternary nitrogens is 1. The van der Waals surface area contributed by atoms with Crippen molar-refractivity contribution in [3.05, 3.63) is 0 Å². The van der Waals surface area contributed by atoms with E-state index in [-0.39, 0.29) is 11.4 Å². The van der Waals surface area contributed by atoms with E-state index >= 15 is 0 Å². The van der Waals surface area contributed by atoms with Crippen LogP contribution in [-0.4, -0.2) is 48.6 Å². The topological polar surface area (TPSA) is 20.3 Å². The molecule has 0 bridgehead atoms. The molecule has 0 aliphatic rings. The van der Waals surface area contributed by atoms with E-state index in [1.165, 1.54) is 0 Å². The van der Waals surface area contributed by atoms with Gasteiger partial charge in [-0.2, -0.15) is 0 Å². The zero-order valence-corrected chi connectivity index (χ0v) is 12.1. The molecule has 0 unspecified atom stereocenters. The highest BCUT2D eigenvalue weighted by molar-refractivity contribution is 5.66. The van der Waals surface area contributed by atoms with E-state index in [1.54, 1.807) is 0 Å². The lowest BCUT2D eigenvalue weighted by Crippen LogP contribution is -2.58. The van der Waals surface area contributed by atoms with Crippen molar-refractivity contribution in [1.82, 2.24) is 4.90 Å². The Hall–Kier alpha value is -0.570. The Morgan fingerprint density at radius 1 is 1.06 bits per heavy atom. The molecule has 0 aliphatic heterocycles.